The van der Waals surface area contributed by atoms with Crippen LogP contribution in [0.15, 0.2) is 18.2 Å². The van der Waals surface area contributed by atoms with E-state index in [0.29, 0.717) is 18.7 Å². The maximum atomic E-state index is 12.7. The lowest BCUT2D eigenvalue weighted by Crippen LogP contribution is -2.45. The summed E-state index contributed by atoms with van der Waals surface area (Å²) in [7, 11) is 1.40. The zero-order valence-electron chi connectivity index (χ0n) is 12.9. The molecule has 0 spiro atoms. The van der Waals surface area contributed by atoms with Gasteiger partial charge in [-0.15, -0.1) is 0 Å². The van der Waals surface area contributed by atoms with E-state index in [1.807, 2.05) is 6.92 Å². The first kappa shape index (κ1) is 16.7. The molecule has 1 aliphatic heterocycles. The Morgan fingerprint density at radius 2 is 2.09 bits per heavy atom. The van der Waals surface area contributed by atoms with Crippen LogP contribution in [-0.2, 0) is 4.79 Å². The topological polar surface area (TPSA) is 110 Å². The number of ether oxygens (including phenoxy) is 1. The van der Waals surface area contributed by atoms with E-state index in [1.165, 1.54) is 30.2 Å². The third-order valence-electron chi connectivity index (χ3n) is 3.93. The van der Waals surface area contributed by atoms with Gasteiger partial charge in [-0.25, -0.2) is 0 Å². The van der Waals surface area contributed by atoms with E-state index in [1.54, 1.807) is 0 Å². The van der Waals surface area contributed by atoms with Gasteiger partial charge in [0.2, 0.25) is 0 Å². The summed E-state index contributed by atoms with van der Waals surface area (Å²) in [5.41, 5.74) is -0.409. The number of hydrogen-bond acceptors (Lipinski definition) is 5. The van der Waals surface area contributed by atoms with E-state index < -0.39 is 22.7 Å². The van der Waals surface area contributed by atoms with Crippen LogP contribution in [0.3, 0.4) is 0 Å². The van der Waals surface area contributed by atoms with Gasteiger partial charge in [0.15, 0.2) is 0 Å². The number of carboxylic acid groups (broad SMARTS) is 1. The molecule has 1 aromatic carbocycles. The molecule has 1 heterocycles. The molecule has 2 atom stereocenters. The molecule has 0 bridgehead atoms. The zero-order valence-corrected chi connectivity index (χ0v) is 12.9. The lowest BCUT2D eigenvalue weighted by Gasteiger charge is -2.34. The predicted octanol–water partition coefficient (Wildman–Crippen LogP) is 1.79. The molecule has 0 radical (unpaired) electrons. The molecule has 1 aliphatic rings. The highest BCUT2D eigenvalue weighted by Crippen LogP contribution is 2.28. The van der Waals surface area contributed by atoms with Gasteiger partial charge in [0.05, 0.1) is 18.0 Å². The third kappa shape index (κ3) is 3.58. The summed E-state index contributed by atoms with van der Waals surface area (Å²) in [4.78, 5) is 35.8. The second kappa shape index (κ2) is 6.64. The predicted molar refractivity (Wildman–Crippen MR) is 80.5 cm³/mol. The Kier molecular flexibility index (Phi) is 4.83. The Morgan fingerprint density at radius 3 is 2.65 bits per heavy atom. The molecule has 0 aromatic heterocycles. The standard InChI is InChI=1S/C15H18N2O6/c1-9-5-10(15(19)20)8-16(7-9)14(18)12-6-11(23-2)3-4-13(12)17(21)22/h3-4,6,9-10H,5,7-8H2,1-2H3,(H,19,20). The van der Waals surface area contributed by atoms with E-state index in [9.17, 15) is 24.8 Å². The number of methoxy groups -OCH3 is 1. The Bertz CT molecular complexity index is 645. The number of carbonyl (C=O) groups excluding carboxylic acids is 1. The van der Waals surface area contributed by atoms with Gasteiger partial charge in [-0.2, -0.15) is 0 Å². The summed E-state index contributed by atoms with van der Waals surface area (Å²) in [6.07, 6.45) is 0.485. The Labute approximate surface area is 132 Å². The van der Waals surface area contributed by atoms with E-state index in [2.05, 4.69) is 0 Å². The maximum absolute atomic E-state index is 12.7. The monoisotopic (exact) mass is 322 g/mol. The van der Waals surface area contributed by atoms with Crippen molar-refractivity contribution >= 4 is 17.6 Å². The van der Waals surface area contributed by atoms with Crippen LogP contribution in [-0.4, -0.2) is 47.0 Å². The summed E-state index contributed by atoms with van der Waals surface area (Å²) in [6.45, 7) is 2.28. The summed E-state index contributed by atoms with van der Waals surface area (Å²) in [6, 6.07) is 3.94. The second-order valence-electron chi connectivity index (χ2n) is 5.73. The molecular formula is C15H18N2O6. The van der Waals surface area contributed by atoms with Crippen LogP contribution in [0.5, 0.6) is 5.75 Å². The molecule has 1 saturated heterocycles. The number of carboxylic acids is 1. The van der Waals surface area contributed by atoms with Crippen molar-refractivity contribution in [3.63, 3.8) is 0 Å². The van der Waals surface area contributed by atoms with Crippen molar-refractivity contribution in [2.24, 2.45) is 11.8 Å². The number of aliphatic carboxylic acids is 1. The molecule has 23 heavy (non-hydrogen) atoms. The number of rotatable bonds is 4. The molecule has 8 nitrogen and oxygen atoms in total. The quantitative estimate of drug-likeness (QED) is 0.668. The molecule has 124 valence electrons. The Balaban J connectivity index is 2.35. The van der Waals surface area contributed by atoms with Gasteiger partial charge >= 0.3 is 5.97 Å². The zero-order chi connectivity index (χ0) is 17.1. The first-order valence-electron chi connectivity index (χ1n) is 7.18. The maximum Gasteiger partial charge on any atom is 0.308 e. The summed E-state index contributed by atoms with van der Waals surface area (Å²) >= 11 is 0. The highest BCUT2D eigenvalue weighted by Gasteiger charge is 2.34. The minimum atomic E-state index is -0.963. The van der Waals surface area contributed by atoms with E-state index in [-0.39, 0.29) is 23.7 Å². The number of piperidine rings is 1. The van der Waals surface area contributed by atoms with Crippen LogP contribution >= 0.6 is 0 Å². The molecule has 1 amide bonds. The number of carbonyl (C=O) groups is 2. The van der Waals surface area contributed by atoms with Crippen LogP contribution < -0.4 is 4.74 Å². The van der Waals surface area contributed by atoms with E-state index >= 15 is 0 Å². The second-order valence-corrected chi connectivity index (χ2v) is 5.73. The molecule has 0 saturated carbocycles. The number of nitro benzene ring substituents is 1. The van der Waals surface area contributed by atoms with Crippen molar-refractivity contribution in [2.45, 2.75) is 13.3 Å². The van der Waals surface area contributed by atoms with Crippen molar-refractivity contribution in [3.8, 4) is 5.75 Å². The molecule has 1 aromatic rings. The van der Waals surface area contributed by atoms with Gasteiger partial charge in [0.1, 0.15) is 11.3 Å². The van der Waals surface area contributed by atoms with Gasteiger partial charge < -0.3 is 14.7 Å². The number of nitro groups is 1. The first-order valence-corrected chi connectivity index (χ1v) is 7.18. The lowest BCUT2D eigenvalue weighted by atomic mass is 9.90. The van der Waals surface area contributed by atoms with Gasteiger partial charge in [-0.05, 0) is 24.5 Å². The van der Waals surface area contributed by atoms with Crippen molar-refractivity contribution in [1.82, 2.24) is 4.90 Å². The van der Waals surface area contributed by atoms with Gasteiger partial charge in [0, 0.05) is 19.2 Å². The number of nitrogens with zero attached hydrogens (tertiary/aromatic N) is 2. The first-order chi connectivity index (χ1) is 10.8. The Hall–Kier alpha value is -2.64. The van der Waals surface area contributed by atoms with Crippen LogP contribution in [0, 0.1) is 22.0 Å². The van der Waals surface area contributed by atoms with Crippen molar-refractivity contribution in [1.29, 1.82) is 0 Å². The number of benzene rings is 1. The highest BCUT2D eigenvalue weighted by molar-refractivity contribution is 5.98. The van der Waals surface area contributed by atoms with Crippen LogP contribution in [0.4, 0.5) is 5.69 Å². The number of amides is 1. The van der Waals surface area contributed by atoms with Gasteiger partial charge in [-0.1, -0.05) is 6.92 Å². The molecule has 1 N–H and O–H groups in total. The molecular weight excluding hydrogens is 304 g/mol. The fourth-order valence-corrected chi connectivity index (χ4v) is 2.84. The molecule has 2 unspecified atom stereocenters. The van der Waals surface area contributed by atoms with E-state index in [4.69, 9.17) is 4.74 Å². The minimum absolute atomic E-state index is 0.0125. The normalized spacial score (nSPS) is 20.9. The Morgan fingerprint density at radius 1 is 1.39 bits per heavy atom. The van der Waals surface area contributed by atoms with Gasteiger partial charge in [-0.3, -0.25) is 19.7 Å². The van der Waals surface area contributed by atoms with E-state index in [0.717, 1.165) is 0 Å². The van der Waals surface area contributed by atoms with Crippen molar-refractivity contribution in [2.75, 3.05) is 20.2 Å². The van der Waals surface area contributed by atoms with Crippen LogP contribution in [0.1, 0.15) is 23.7 Å². The van der Waals surface area contributed by atoms with Gasteiger partial charge in [0.25, 0.3) is 11.6 Å². The average Bonchev–Trinajstić information content (AvgIpc) is 2.52. The summed E-state index contributed by atoms with van der Waals surface area (Å²) < 4.78 is 5.02. The fraction of sp³-hybridized carbons (Fsp3) is 0.467. The molecule has 1 fully saturated rings. The summed E-state index contributed by atoms with van der Waals surface area (Å²) in [5, 5.41) is 20.3. The van der Waals surface area contributed by atoms with Crippen molar-refractivity contribution in [3.05, 3.63) is 33.9 Å². The number of hydrogen-bond donors (Lipinski definition) is 1. The SMILES string of the molecule is COc1ccc([N+](=O)[O-])c(C(=O)N2CC(C)CC(C(=O)O)C2)c1. The largest absolute Gasteiger partial charge is 0.497 e. The number of likely N-dealkylation sites (tertiary alicyclic amines) is 1. The lowest BCUT2D eigenvalue weighted by molar-refractivity contribution is -0.385. The highest BCUT2D eigenvalue weighted by atomic mass is 16.6. The van der Waals surface area contributed by atoms with Crippen molar-refractivity contribution < 1.29 is 24.4 Å². The summed E-state index contributed by atoms with van der Waals surface area (Å²) in [5.74, 6) is -1.83. The smallest absolute Gasteiger partial charge is 0.308 e. The third-order valence-corrected chi connectivity index (χ3v) is 3.93. The average molecular weight is 322 g/mol. The minimum Gasteiger partial charge on any atom is -0.497 e. The molecule has 8 heteroatoms. The fourth-order valence-electron chi connectivity index (χ4n) is 2.84. The molecule has 2 rings (SSSR count). The molecule has 0 aliphatic carbocycles. The van der Waals surface area contributed by atoms with Crippen LogP contribution in [0.25, 0.3) is 0 Å². The van der Waals surface area contributed by atoms with Crippen LogP contribution in [0.2, 0.25) is 0 Å².